The molecule has 0 aliphatic carbocycles. The van der Waals surface area contributed by atoms with Crippen molar-refractivity contribution < 1.29 is 28.7 Å². The van der Waals surface area contributed by atoms with Gasteiger partial charge in [0.1, 0.15) is 11.6 Å². The number of hydrogen-bond acceptors (Lipinski definition) is 7. The van der Waals surface area contributed by atoms with Crippen LogP contribution in [0.4, 0.5) is 4.79 Å². The molecule has 0 saturated carbocycles. The second-order valence-corrected chi connectivity index (χ2v) is 12.2. The van der Waals surface area contributed by atoms with Crippen LogP contribution in [0.3, 0.4) is 0 Å². The number of rotatable bonds is 4. The molecular weight excluding hydrogens is 514 g/mol. The molecule has 0 spiro atoms. The zero-order valence-electron chi connectivity index (χ0n) is 23.6. The van der Waals surface area contributed by atoms with Crippen molar-refractivity contribution in [2.24, 2.45) is 0 Å². The third-order valence-electron chi connectivity index (χ3n) is 8.25. The van der Waals surface area contributed by atoms with Gasteiger partial charge in [-0.1, -0.05) is 12.1 Å². The van der Waals surface area contributed by atoms with E-state index in [1.54, 1.807) is 9.80 Å². The van der Waals surface area contributed by atoms with Crippen molar-refractivity contribution >= 4 is 29.7 Å². The van der Waals surface area contributed by atoms with E-state index in [0.717, 1.165) is 31.5 Å². The second kappa shape index (κ2) is 11.2. The van der Waals surface area contributed by atoms with Crippen LogP contribution in [0, 0.1) is 0 Å². The minimum absolute atomic E-state index is 0.0897. The van der Waals surface area contributed by atoms with Crippen LogP contribution in [0.1, 0.15) is 73.9 Å². The fourth-order valence-electron chi connectivity index (χ4n) is 6.03. The highest BCUT2D eigenvalue weighted by Gasteiger charge is 2.39. The lowest BCUT2D eigenvalue weighted by molar-refractivity contribution is -0.137. The lowest BCUT2D eigenvalue weighted by Crippen LogP contribution is -2.53. The summed E-state index contributed by atoms with van der Waals surface area (Å²) in [5, 5.41) is 2.34. The molecule has 4 aliphatic rings. The molecule has 1 N–H and O–H groups in total. The molecule has 0 aromatic heterocycles. The normalized spacial score (nSPS) is 22.8. The van der Waals surface area contributed by atoms with E-state index in [1.165, 1.54) is 5.56 Å². The lowest BCUT2D eigenvalue weighted by atomic mass is 9.88. The van der Waals surface area contributed by atoms with Crippen molar-refractivity contribution in [3.05, 3.63) is 34.9 Å². The van der Waals surface area contributed by atoms with Crippen molar-refractivity contribution in [3.8, 4) is 0 Å². The highest BCUT2D eigenvalue weighted by atomic mass is 16.6. The van der Waals surface area contributed by atoms with Gasteiger partial charge in [0.15, 0.2) is 0 Å². The van der Waals surface area contributed by atoms with E-state index in [1.807, 2.05) is 37.8 Å². The first kappa shape index (κ1) is 28.1. The molecule has 11 heteroatoms. The van der Waals surface area contributed by atoms with Crippen molar-refractivity contribution in [3.63, 3.8) is 0 Å². The van der Waals surface area contributed by atoms with Crippen molar-refractivity contribution in [2.45, 2.75) is 70.6 Å². The Morgan fingerprint density at radius 1 is 0.950 bits per heavy atom. The molecule has 4 heterocycles. The summed E-state index contributed by atoms with van der Waals surface area (Å²) in [6, 6.07) is 5.36. The number of carbonyl (C=O) groups excluding carboxylic acids is 5. The molecular formula is C29H39N5O6. The Bertz CT molecular complexity index is 1190. The molecule has 1 unspecified atom stereocenters. The molecule has 5 amide bonds. The van der Waals surface area contributed by atoms with E-state index in [9.17, 15) is 24.0 Å². The summed E-state index contributed by atoms with van der Waals surface area (Å²) in [5.41, 5.74) is 2.20. The van der Waals surface area contributed by atoms with Gasteiger partial charge >= 0.3 is 6.09 Å². The smallest absolute Gasteiger partial charge is 0.410 e. The average Bonchev–Trinajstić information content (AvgIpc) is 3.23. The van der Waals surface area contributed by atoms with Crippen LogP contribution in [-0.4, -0.2) is 107 Å². The number of carbonyl (C=O) groups is 5. The summed E-state index contributed by atoms with van der Waals surface area (Å²) in [6.07, 6.45) is 2.10. The Labute approximate surface area is 234 Å². The van der Waals surface area contributed by atoms with Gasteiger partial charge in [-0.3, -0.25) is 29.4 Å². The SMILES string of the molecule is CC(C)(C)OC(=O)N1CCN(C(=O)CN2CCC(c3ccc4c(c3)CN(C3CCC(=O)NC3=O)C4=O)CC2)CC1. The number of nitrogens with one attached hydrogen (secondary N) is 1. The number of likely N-dealkylation sites (tertiary alicyclic amines) is 1. The molecule has 3 fully saturated rings. The van der Waals surface area contributed by atoms with Gasteiger partial charge in [-0.25, -0.2) is 4.79 Å². The van der Waals surface area contributed by atoms with E-state index in [4.69, 9.17) is 4.74 Å². The van der Waals surface area contributed by atoms with Gasteiger partial charge in [0.05, 0.1) is 6.54 Å². The number of ether oxygens (including phenoxy) is 1. The van der Waals surface area contributed by atoms with E-state index >= 15 is 0 Å². The van der Waals surface area contributed by atoms with Crippen molar-refractivity contribution in [1.29, 1.82) is 0 Å². The molecule has 216 valence electrons. The maximum atomic E-state index is 13.0. The van der Waals surface area contributed by atoms with Gasteiger partial charge in [0, 0.05) is 44.7 Å². The minimum Gasteiger partial charge on any atom is -0.444 e. The van der Waals surface area contributed by atoms with Crippen molar-refractivity contribution in [1.82, 2.24) is 24.9 Å². The van der Waals surface area contributed by atoms with Crippen molar-refractivity contribution in [2.75, 3.05) is 45.8 Å². The monoisotopic (exact) mass is 553 g/mol. The Morgan fingerprint density at radius 3 is 2.27 bits per heavy atom. The molecule has 4 aliphatic heterocycles. The van der Waals surface area contributed by atoms with Gasteiger partial charge in [0.25, 0.3) is 5.91 Å². The van der Waals surface area contributed by atoms with E-state index in [-0.39, 0.29) is 30.2 Å². The third-order valence-corrected chi connectivity index (χ3v) is 8.25. The molecule has 40 heavy (non-hydrogen) atoms. The maximum Gasteiger partial charge on any atom is 0.410 e. The van der Waals surface area contributed by atoms with Crippen LogP contribution >= 0.6 is 0 Å². The zero-order chi connectivity index (χ0) is 28.6. The highest BCUT2D eigenvalue weighted by molar-refractivity contribution is 6.05. The predicted octanol–water partition coefficient (Wildman–Crippen LogP) is 1.71. The van der Waals surface area contributed by atoms with E-state index in [2.05, 4.69) is 16.3 Å². The summed E-state index contributed by atoms with van der Waals surface area (Å²) in [4.78, 5) is 69.3. The van der Waals surface area contributed by atoms with Gasteiger partial charge in [0.2, 0.25) is 17.7 Å². The maximum absolute atomic E-state index is 13.0. The molecule has 1 atom stereocenters. The number of imide groups is 1. The van der Waals surface area contributed by atoms with E-state index < -0.39 is 17.6 Å². The molecule has 1 aromatic rings. The van der Waals surface area contributed by atoms with Gasteiger partial charge in [-0.15, -0.1) is 0 Å². The first-order valence-electron chi connectivity index (χ1n) is 14.2. The fraction of sp³-hybridized carbons (Fsp3) is 0.621. The molecule has 3 saturated heterocycles. The molecule has 11 nitrogen and oxygen atoms in total. The van der Waals surface area contributed by atoms with Gasteiger partial charge < -0.3 is 19.4 Å². The fourth-order valence-corrected chi connectivity index (χ4v) is 6.03. The predicted molar refractivity (Wildman–Crippen MR) is 145 cm³/mol. The molecule has 0 radical (unpaired) electrons. The molecule has 1 aromatic carbocycles. The van der Waals surface area contributed by atoms with Gasteiger partial charge in [-0.2, -0.15) is 0 Å². The number of hydrogen-bond donors (Lipinski definition) is 1. The van der Waals surface area contributed by atoms with Crippen LogP contribution in [0.2, 0.25) is 0 Å². The Hall–Kier alpha value is -3.47. The quantitative estimate of drug-likeness (QED) is 0.564. The number of amides is 5. The largest absolute Gasteiger partial charge is 0.444 e. The number of benzene rings is 1. The number of piperazine rings is 1. The Kier molecular flexibility index (Phi) is 7.85. The summed E-state index contributed by atoms with van der Waals surface area (Å²) in [7, 11) is 0. The minimum atomic E-state index is -0.609. The standard InChI is InChI=1S/C29H39N5O6/c1-29(2,3)40-28(39)33-14-12-32(13-15-33)25(36)18-31-10-8-19(9-11-31)20-4-5-22-21(16-20)17-34(27(22)38)23-6-7-24(35)30-26(23)37/h4-5,16,19,23H,6-15,17-18H2,1-3H3,(H,30,35,37). The number of nitrogens with zero attached hydrogens (tertiary/aromatic N) is 4. The van der Waals surface area contributed by atoms with Crippen LogP contribution < -0.4 is 5.32 Å². The topological polar surface area (TPSA) is 120 Å². The molecule has 0 bridgehead atoms. The lowest BCUT2D eigenvalue weighted by Gasteiger charge is -2.37. The first-order chi connectivity index (χ1) is 19.0. The van der Waals surface area contributed by atoms with Crippen LogP contribution in [-0.2, 0) is 25.7 Å². The van der Waals surface area contributed by atoms with Crippen LogP contribution in [0.5, 0.6) is 0 Å². The summed E-state index contributed by atoms with van der Waals surface area (Å²) >= 11 is 0. The summed E-state index contributed by atoms with van der Waals surface area (Å²) < 4.78 is 5.44. The molecule has 5 rings (SSSR count). The summed E-state index contributed by atoms with van der Waals surface area (Å²) in [5.74, 6) is -0.414. The average molecular weight is 554 g/mol. The van der Waals surface area contributed by atoms with Crippen LogP contribution in [0.15, 0.2) is 18.2 Å². The third kappa shape index (κ3) is 6.14. The number of fused-ring (bicyclic) bond motifs is 1. The Morgan fingerprint density at radius 2 is 1.62 bits per heavy atom. The van der Waals surface area contributed by atoms with Gasteiger partial charge in [-0.05, 0) is 76.2 Å². The summed E-state index contributed by atoms with van der Waals surface area (Å²) in [6.45, 7) is 9.89. The van der Waals surface area contributed by atoms with Crippen LogP contribution in [0.25, 0.3) is 0 Å². The first-order valence-corrected chi connectivity index (χ1v) is 14.2. The Balaban J connectivity index is 1.09. The zero-order valence-corrected chi connectivity index (χ0v) is 23.6. The second-order valence-electron chi connectivity index (χ2n) is 12.2. The van der Waals surface area contributed by atoms with E-state index in [0.29, 0.717) is 57.2 Å². The highest BCUT2D eigenvalue weighted by Crippen LogP contribution is 2.33. The number of piperidine rings is 2.